The highest BCUT2D eigenvalue weighted by Gasteiger charge is 2.15. The van der Waals surface area contributed by atoms with Crippen LogP contribution in [-0.2, 0) is 6.54 Å². The maximum atomic E-state index is 6.22. The van der Waals surface area contributed by atoms with Gasteiger partial charge in [-0.1, -0.05) is 11.6 Å². The lowest BCUT2D eigenvalue weighted by Crippen LogP contribution is -2.16. The molecule has 0 radical (unpaired) electrons. The van der Waals surface area contributed by atoms with Crippen molar-refractivity contribution in [2.24, 2.45) is 0 Å². The SMILES string of the molecule is Clc1cc2c(c3ncccc13)OCCNC2. The lowest BCUT2D eigenvalue weighted by atomic mass is 10.1. The number of hydrogen-bond acceptors (Lipinski definition) is 3. The fraction of sp³-hybridized carbons (Fsp3) is 0.250. The van der Waals surface area contributed by atoms with Gasteiger partial charge in [0.1, 0.15) is 17.9 Å². The van der Waals surface area contributed by atoms with E-state index in [9.17, 15) is 0 Å². The minimum absolute atomic E-state index is 0.667. The Hall–Kier alpha value is -1.32. The first-order valence-corrected chi connectivity index (χ1v) is 5.63. The van der Waals surface area contributed by atoms with Gasteiger partial charge < -0.3 is 10.1 Å². The van der Waals surface area contributed by atoms with Gasteiger partial charge in [0.25, 0.3) is 0 Å². The van der Waals surface area contributed by atoms with Crippen molar-refractivity contribution in [1.82, 2.24) is 10.3 Å². The number of nitrogens with one attached hydrogen (secondary N) is 1. The van der Waals surface area contributed by atoms with Crippen molar-refractivity contribution in [3.05, 3.63) is 35.0 Å². The molecule has 1 aromatic carbocycles. The van der Waals surface area contributed by atoms with E-state index in [4.69, 9.17) is 16.3 Å². The maximum Gasteiger partial charge on any atom is 0.150 e. The van der Waals surface area contributed by atoms with Crippen molar-refractivity contribution in [1.29, 1.82) is 0 Å². The molecule has 0 saturated heterocycles. The second-order valence-corrected chi connectivity index (χ2v) is 4.18. The van der Waals surface area contributed by atoms with E-state index in [1.54, 1.807) is 6.20 Å². The summed E-state index contributed by atoms with van der Waals surface area (Å²) >= 11 is 6.22. The van der Waals surface area contributed by atoms with Crippen LogP contribution >= 0.6 is 11.6 Å². The Kier molecular flexibility index (Phi) is 2.42. The Morgan fingerprint density at radius 2 is 2.38 bits per heavy atom. The van der Waals surface area contributed by atoms with Crippen molar-refractivity contribution >= 4 is 22.5 Å². The maximum absolute atomic E-state index is 6.22. The number of rotatable bonds is 0. The second kappa shape index (κ2) is 3.92. The molecule has 0 bridgehead atoms. The molecule has 0 aliphatic carbocycles. The van der Waals surface area contributed by atoms with Crippen LogP contribution in [0.25, 0.3) is 10.9 Å². The first-order chi connectivity index (χ1) is 7.86. The molecule has 1 aromatic heterocycles. The summed E-state index contributed by atoms with van der Waals surface area (Å²) in [5.41, 5.74) is 1.93. The Bertz CT molecular complexity index is 542. The van der Waals surface area contributed by atoms with Gasteiger partial charge in [-0.2, -0.15) is 0 Å². The second-order valence-electron chi connectivity index (χ2n) is 3.77. The minimum atomic E-state index is 0.667. The molecule has 1 aliphatic rings. The zero-order chi connectivity index (χ0) is 11.0. The molecule has 3 nitrogen and oxygen atoms in total. The summed E-state index contributed by atoms with van der Waals surface area (Å²) in [6.45, 7) is 2.29. The van der Waals surface area contributed by atoms with Crippen molar-refractivity contribution < 1.29 is 4.74 Å². The smallest absolute Gasteiger partial charge is 0.150 e. The van der Waals surface area contributed by atoms with Crippen molar-refractivity contribution in [3.8, 4) is 5.75 Å². The third kappa shape index (κ3) is 1.52. The highest BCUT2D eigenvalue weighted by molar-refractivity contribution is 6.35. The van der Waals surface area contributed by atoms with Gasteiger partial charge in [0, 0.05) is 30.2 Å². The molecule has 0 spiro atoms. The van der Waals surface area contributed by atoms with E-state index in [1.807, 2.05) is 18.2 Å². The number of ether oxygens (including phenoxy) is 1. The molecule has 1 N–H and O–H groups in total. The lowest BCUT2D eigenvalue weighted by molar-refractivity contribution is 0.329. The third-order valence-corrected chi connectivity index (χ3v) is 3.03. The van der Waals surface area contributed by atoms with Gasteiger partial charge in [-0.15, -0.1) is 0 Å². The molecule has 16 heavy (non-hydrogen) atoms. The van der Waals surface area contributed by atoms with E-state index in [-0.39, 0.29) is 0 Å². The molecule has 1 aliphatic heterocycles. The molecule has 0 unspecified atom stereocenters. The van der Waals surface area contributed by atoms with Crippen LogP contribution in [0.2, 0.25) is 5.02 Å². The molecule has 2 heterocycles. The molecular weight excluding hydrogens is 224 g/mol. The van der Waals surface area contributed by atoms with Gasteiger partial charge in [0.15, 0.2) is 0 Å². The standard InChI is InChI=1S/C12H11ClN2O/c13-10-6-8-7-14-4-5-16-12(8)11-9(10)2-1-3-15-11/h1-3,6,14H,4-5,7H2. The van der Waals surface area contributed by atoms with Gasteiger partial charge >= 0.3 is 0 Å². The van der Waals surface area contributed by atoms with Crippen molar-refractivity contribution in [2.45, 2.75) is 6.54 Å². The average Bonchev–Trinajstić information content (AvgIpc) is 2.55. The van der Waals surface area contributed by atoms with Crippen LogP contribution in [0.1, 0.15) is 5.56 Å². The van der Waals surface area contributed by atoms with Crippen LogP contribution < -0.4 is 10.1 Å². The summed E-state index contributed by atoms with van der Waals surface area (Å²) in [5.74, 6) is 0.866. The fourth-order valence-electron chi connectivity index (χ4n) is 1.97. The van der Waals surface area contributed by atoms with E-state index < -0.39 is 0 Å². The summed E-state index contributed by atoms with van der Waals surface area (Å²) in [6.07, 6.45) is 1.76. The van der Waals surface area contributed by atoms with E-state index in [2.05, 4.69) is 10.3 Å². The predicted octanol–water partition coefficient (Wildman–Crippen LogP) is 2.37. The summed E-state index contributed by atoms with van der Waals surface area (Å²) in [4.78, 5) is 4.36. The molecule has 2 aromatic rings. The molecule has 0 atom stereocenters. The van der Waals surface area contributed by atoms with Crippen LogP contribution in [0, 0.1) is 0 Å². The van der Waals surface area contributed by atoms with Gasteiger partial charge in [-0.25, -0.2) is 0 Å². The summed E-state index contributed by atoms with van der Waals surface area (Å²) in [7, 11) is 0. The van der Waals surface area contributed by atoms with Crippen molar-refractivity contribution in [3.63, 3.8) is 0 Å². The summed E-state index contributed by atoms with van der Waals surface area (Å²) in [6, 6.07) is 5.81. The van der Waals surface area contributed by atoms with Gasteiger partial charge in [-0.3, -0.25) is 4.98 Å². The summed E-state index contributed by atoms with van der Waals surface area (Å²) < 4.78 is 5.73. The number of benzene rings is 1. The number of pyridine rings is 1. The van der Waals surface area contributed by atoms with Gasteiger partial charge in [-0.05, 0) is 18.2 Å². The lowest BCUT2D eigenvalue weighted by Gasteiger charge is -2.10. The molecule has 0 saturated carbocycles. The topological polar surface area (TPSA) is 34.1 Å². The molecule has 4 heteroatoms. The Balaban J connectivity index is 2.32. The first-order valence-electron chi connectivity index (χ1n) is 5.26. The zero-order valence-corrected chi connectivity index (χ0v) is 9.42. The van der Waals surface area contributed by atoms with E-state index in [0.29, 0.717) is 6.61 Å². The third-order valence-electron chi connectivity index (χ3n) is 2.71. The van der Waals surface area contributed by atoms with Crippen LogP contribution in [0.5, 0.6) is 5.75 Å². The number of halogens is 1. The molecular formula is C12H11ClN2O. The zero-order valence-electron chi connectivity index (χ0n) is 8.66. The Morgan fingerprint density at radius 1 is 1.44 bits per heavy atom. The number of hydrogen-bond donors (Lipinski definition) is 1. The Labute approximate surface area is 98.4 Å². The van der Waals surface area contributed by atoms with Crippen molar-refractivity contribution in [2.75, 3.05) is 13.2 Å². The van der Waals surface area contributed by atoms with Crippen LogP contribution in [0.3, 0.4) is 0 Å². The van der Waals surface area contributed by atoms with Gasteiger partial charge in [0.2, 0.25) is 0 Å². The quantitative estimate of drug-likeness (QED) is 0.760. The number of nitrogens with zero attached hydrogens (tertiary/aromatic N) is 1. The van der Waals surface area contributed by atoms with Crippen LogP contribution in [0.4, 0.5) is 0 Å². The van der Waals surface area contributed by atoms with E-state index in [1.165, 1.54) is 0 Å². The van der Waals surface area contributed by atoms with E-state index in [0.717, 1.165) is 40.3 Å². The molecule has 0 amide bonds. The molecule has 0 fully saturated rings. The van der Waals surface area contributed by atoms with Crippen LogP contribution in [-0.4, -0.2) is 18.1 Å². The van der Waals surface area contributed by atoms with Crippen LogP contribution in [0.15, 0.2) is 24.4 Å². The predicted molar refractivity (Wildman–Crippen MR) is 64.0 cm³/mol. The number of aromatic nitrogens is 1. The van der Waals surface area contributed by atoms with E-state index >= 15 is 0 Å². The molecule has 82 valence electrons. The monoisotopic (exact) mass is 234 g/mol. The van der Waals surface area contributed by atoms with Gasteiger partial charge in [0.05, 0.1) is 5.02 Å². The first kappa shape index (κ1) is 9.87. The average molecular weight is 235 g/mol. The fourth-order valence-corrected chi connectivity index (χ4v) is 2.25. The molecule has 3 rings (SSSR count). The Morgan fingerprint density at radius 3 is 3.31 bits per heavy atom. The number of fused-ring (bicyclic) bond motifs is 3. The highest BCUT2D eigenvalue weighted by Crippen LogP contribution is 2.34. The summed E-state index contributed by atoms with van der Waals surface area (Å²) in [5, 5.41) is 4.96. The largest absolute Gasteiger partial charge is 0.490 e. The normalized spacial score (nSPS) is 15.3. The minimum Gasteiger partial charge on any atom is -0.490 e. The highest BCUT2D eigenvalue weighted by atomic mass is 35.5.